The first-order valence-corrected chi connectivity index (χ1v) is 6.01. The zero-order valence-electron chi connectivity index (χ0n) is 11.7. The Labute approximate surface area is 107 Å². The highest BCUT2D eigenvalue weighted by molar-refractivity contribution is 5.88. The minimum Gasteiger partial charge on any atom is -0.464 e. The molecule has 0 spiro atoms. The van der Waals surface area contributed by atoms with Crippen LogP contribution in [0.5, 0.6) is 0 Å². The average Bonchev–Trinajstić information content (AvgIpc) is 2.78. The molecule has 6 heteroatoms. The van der Waals surface area contributed by atoms with Crippen molar-refractivity contribution in [2.45, 2.75) is 45.8 Å². The number of aromatic nitrogens is 3. The second kappa shape index (κ2) is 5.95. The minimum absolute atomic E-state index is 0.220. The Kier molecular flexibility index (Phi) is 4.84. The monoisotopic (exact) mass is 255 g/mol. The van der Waals surface area contributed by atoms with Gasteiger partial charge < -0.3 is 9.47 Å². The van der Waals surface area contributed by atoms with Gasteiger partial charge in [0.15, 0.2) is 5.69 Å². The lowest BCUT2D eigenvalue weighted by atomic mass is 10.1. The fourth-order valence-corrected chi connectivity index (χ4v) is 1.59. The molecule has 0 aliphatic rings. The van der Waals surface area contributed by atoms with Crippen LogP contribution in [-0.2, 0) is 22.4 Å². The highest BCUT2D eigenvalue weighted by Crippen LogP contribution is 2.16. The van der Waals surface area contributed by atoms with Gasteiger partial charge in [-0.25, -0.2) is 9.48 Å². The summed E-state index contributed by atoms with van der Waals surface area (Å²) in [6, 6.07) is 0. The van der Waals surface area contributed by atoms with Crippen molar-refractivity contribution in [3.63, 3.8) is 0 Å². The van der Waals surface area contributed by atoms with Crippen LogP contribution < -0.4 is 0 Å². The Morgan fingerprint density at radius 3 is 2.56 bits per heavy atom. The number of rotatable bonds is 6. The molecule has 0 saturated heterocycles. The van der Waals surface area contributed by atoms with Crippen molar-refractivity contribution in [3.05, 3.63) is 11.4 Å². The molecule has 0 unspecified atom stereocenters. The van der Waals surface area contributed by atoms with Crippen LogP contribution in [0.2, 0.25) is 0 Å². The lowest BCUT2D eigenvalue weighted by molar-refractivity contribution is 0.0110. The van der Waals surface area contributed by atoms with E-state index in [-0.39, 0.29) is 5.60 Å². The van der Waals surface area contributed by atoms with E-state index in [1.807, 2.05) is 20.8 Å². The average molecular weight is 255 g/mol. The van der Waals surface area contributed by atoms with E-state index in [4.69, 9.17) is 4.74 Å². The summed E-state index contributed by atoms with van der Waals surface area (Å²) in [7, 11) is 3.02. The van der Waals surface area contributed by atoms with E-state index in [9.17, 15) is 4.79 Å². The van der Waals surface area contributed by atoms with Gasteiger partial charge >= 0.3 is 5.97 Å². The number of nitrogens with zero attached hydrogens (tertiary/aromatic N) is 3. The molecule has 0 fully saturated rings. The summed E-state index contributed by atoms with van der Waals surface area (Å²) < 4.78 is 11.8. The lowest BCUT2D eigenvalue weighted by Gasteiger charge is -2.22. The van der Waals surface area contributed by atoms with Crippen LogP contribution in [0.15, 0.2) is 0 Å². The molecule has 0 atom stereocenters. The third kappa shape index (κ3) is 3.29. The summed E-state index contributed by atoms with van der Waals surface area (Å²) in [6.45, 7) is 6.64. The van der Waals surface area contributed by atoms with E-state index in [1.165, 1.54) is 7.11 Å². The van der Waals surface area contributed by atoms with Gasteiger partial charge in [-0.05, 0) is 26.7 Å². The Morgan fingerprint density at radius 2 is 2.06 bits per heavy atom. The van der Waals surface area contributed by atoms with Gasteiger partial charge in [0, 0.05) is 13.7 Å². The molecule has 1 aromatic heterocycles. The summed E-state index contributed by atoms with van der Waals surface area (Å²) in [6.07, 6.45) is 1.48. The van der Waals surface area contributed by atoms with E-state index >= 15 is 0 Å². The summed E-state index contributed by atoms with van der Waals surface area (Å²) in [4.78, 5) is 11.5. The zero-order valence-corrected chi connectivity index (χ0v) is 11.7. The summed E-state index contributed by atoms with van der Waals surface area (Å²) >= 11 is 0. The molecule has 0 bridgehead atoms. The van der Waals surface area contributed by atoms with Crippen molar-refractivity contribution in [2.75, 3.05) is 14.2 Å². The number of aryl methyl sites for hydroxylation is 1. The van der Waals surface area contributed by atoms with Gasteiger partial charge in [-0.3, -0.25) is 0 Å². The Bertz CT molecular complexity index is 413. The number of ether oxygens (including phenoxy) is 2. The van der Waals surface area contributed by atoms with Gasteiger partial charge in [0.1, 0.15) is 0 Å². The molecule has 0 aliphatic carbocycles. The summed E-state index contributed by atoms with van der Waals surface area (Å²) in [5, 5.41) is 7.89. The molecule has 0 aromatic carbocycles. The second-order valence-electron chi connectivity index (χ2n) is 4.67. The third-order valence-corrected chi connectivity index (χ3v) is 3.03. The van der Waals surface area contributed by atoms with E-state index in [1.54, 1.807) is 11.8 Å². The van der Waals surface area contributed by atoms with Crippen LogP contribution in [0.3, 0.4) is 0 Å². The molecule has 102 valence electrons. The molecule has 18 heavy (non-hydrogen) atoms. The molecule has 0 aliphatic heterocycles. The topological polar surface area (TPSA) is 66.2 Å². The van der Waals surface area contributed by atoms with Crippen LogP contribution in [0.25, 0.3) is 0 Å². The van der Waals surface area contributed by atoms with E-state index in [0.29, 0.717) is 18.7 Å². The predicted octanol–water partition coefficient (Wildman–Crippen LogP) is 1.44. The standard InChI is InChI=1S/C12H21N3O3/c1-6-9-10(11(16)17-4)13-14-15(9)8-7-12(2,3)18-5/h6-8H2,1-5H3. The number of hydrogen-bond donors (Lipinski definition) is 0. The van der Waals surface area contributed by atoms with Crippen LogP contribution in [0, 0.1) is 0 Å². The normalized spacial score (nSPS) is 11.6. The fourth-order valence-electron chi connectivity index (χ4n) is 1.59. The molecule has 0 amide bonds. The van der Waals surface area contributed by atoms with Crippen LogP contribution in [0.1, 0.15) is 43.4 Å². The highest BCUT2D eigenvalue weighted by Gasteiger charge is 2.21. The number of carbonyl (C=O) groups excluding carboxylic acids is 1. The van der Waals surface area contributed by atoms with Crippen molar-refractivity contribution in [2.24, 2.45) is 0 Å². The summed E-state index contributed by atoms with van der Waals surface area (Å²) in [5.41, 5.74) is 0.881. The highest BCUT2D eigenvalue weighted by atomic mass is 16.5. The molecule has 0 N–H and O–H groups in total. The Morgan fingerprint density at radius 1 is 1.39 bits per heavy atom. The Hall–Kier alpha value is -1.43. The maximum absolute atomic E-state index is 11.5. The second-order valence-corrected chi connectivity index (χ2v) is 4.67. The van der Waals surface area contributed by atoms with Crippen molar-refractivity contribution >= 4 is 5.97 Å². The largest absolute Gasteiger partial charge is 0.464 e. The molecule has 0 radical (unpaired) electrons. The van der Waals surface area contributed by atoms with E-state index in [2.05, 4.69) is 15.0 Å². The first kappa shape index (κ1) is 14.6. The molecule has 1 heterocycles. The van der Waals surface area contributed by atoms with Gasteiger partial charge in [0.05, 0.1) is 18.4 Å². The third-order valence-electron chi connectivity index (χ3n) is 3.03. The van der Waals surface area contributed by atoms with Gasteiger partial charge in [-0.15, -0.1) is 5.10 Å². The first-order chi connectivity index (χ1) is 8.45. The Balaban J connectivity index is 2.84. The lowest BCUT2D eigenvalue weighted by Crippen LogP contribution is -2.25. The van der Waals surface area contributed by atoms with Gasteiger partial charge in [-0.2, -0.15) is 0 Å². The van der Waals surface area contributed by atoms with Crippen LogP contribution in [-0.4, -0.2) is 40.8 Å². The maximum Gasteiger partial charge on any atom is 0.360 e. The SMILES string of the molecule is CCc1c(C(=O)OC)nnn1CCC(C)(C)OC. The maximum atomic E-state index is 11.5. The molecular weight excluding hydrogens is 234 g/mol. The van der Waals surface area contributed by atoms with Gasteiger partial charge in [-0.1, -0.05) is 12.1 Å². The number of esters is 1. The van der Waals surface area contributed by atoms with Crippen molar-refractivity contribution in [1.82, 2.24) is 15.0 Å². The van der Waals surface area contributed by atoms with E-state index < -0.39 is 5.97 Å². The minimum atomic E-state index is -0.441. The predicted molar refractivity (Wildman–Crippen MR) is 66.4 cm³/mol. The zero-order chi connectivity index (χ0) is 13.8. The van der Waals surface area contributed by atoms with Crippen LogP contribution in [0.4, 0.5) is 0 Å². The number of carbonyl (C=O) groups is 1. The van der Waals surface area contributed by atoms with Gasteiger partial charge in [0.2, 0.25) is 0 Å². The smallest absolute Gasteiger partial charge is 0.360 e. The van der Waals surface area contributed by atoms with Crippen molar-refractivity contribution in [3.8, 4) is 0 Å². The molecule has 1 aromatic rings. The molecule has 0 saturated carbocycles. The fraction of sp³-hybridized carbons (Fsp3) is 0.750. The molecule has 1 rings (SSSR count). The number of methoxy groups -OCH3 is 2. The quantitative estimate of drug-likeness (QED) is 0.720. The molecule has 6 nitrogen and oxygen atoms in total. The first-order valence-electron chi connectivity index (χ1n) is 6.01. The summed E-state index contributed by atoms with van der Waals surface area (Å²) in [5.74, 6) is -0.441. The van der Waals surface area contributed by atoms with E-state index in [0.717, 1.165) is 12.1 Å². The van der Waals surface area contributed by atoms with Gasteiger partial charge in [0.25, 0.3) is 0 Å². The van der Waals surface area contributed by atoms with Crippen LogP contribution >= 0.6 is 0 Å². The molecular formula is C12H21N3O3. The van der Waals surface area contributed by atoms with Crippen molar-refractivity contribution in [1.29, 1.82) is 0 Å². The van der Waals surface area contributed by atoms with Crippen molar-refractivity contribution < 1.29 is 14.3 Å². The number of hydrogen-bond acceptors (Lipinski definition) is 5.